The number of carbonyl (C=O) groups excluding carboxylic acids is 1. The summed E-state index contributed by atoms with van der Waals surface area (Å²) in [5, 5.41) is 15.2. The van der Waals surface area contributed by atoms with Gasteiger partial charge in [0.1, 0.15) is 5.52 Å². The Hall–Kier alpha value is -4.78. The Bertz CT molecular complexity index is 1400. The first-order chi connectivity index (χ1) is 18.1. The van der Waals surface area contributed by atoms with Gasteiger partial charge < -0.3 is 15.7 Å². The van der Waals surface area contributed by atoms with Gasteiger partial charge in [0, 0.05) is 24.4 Å². The molecule has 0 bridgehead atoms. The van der Waals surface area contributed by atoms with E-state index in [9.17, 15) is 10.2 Å². The first-order valence-electron chi connectivity index (χ1n) is 12.2. The number of anilines is 1. The molecule has 0 radical (unpaired) electrons. The van der Waals surface area contributed by atoms with Crippen LogP contribution in [0.5, 0.6) is 0 Å². The fraction of sp³-hybridized carbons (Fsp3) is 0.133. The van der Waals surface area contributed by atoms with Crippen LogP contribution in [0.2, 0.25) is 0 Å². The van der Waals surface area contributed by atoms with E-state index in [1.807, 2.05) is 61.5 Å². The number of carbonyl (C=O) groups is 1. The van der Waals surface area contributed by atoms with Crippen LogP contribution in [-0.2, 0) is 5.41 Å². The van der Waals surface area contributed by atoms with E-state index in [1.54, 1.807) is 12.3 Å². The van der Waals surface area contributed by atoms with Crippen molar-refractivity contribution in [3.8, 4) is 0 Å². The third kappa shape index (κ3) is 4.84. The summed E-state index contributed by atoms with van der Waals surface area (Å²) in [7, 11) is 0. The van der Waals surface area contributed by atoms with E-state index >= 15 is 0 Å². The van der Waals surface area contributed by atoms with Gasteiger partial charge in [0.05, 0.1) is 11.6 Å². The Kier molecular flexibility index (Phi) is 6.76. The van der Waals surface area contributed by atoms with Crippen LogP contribution in [0, 0.1) is 5.41 Å². The molecule has 2 aromatic heterocycles. The van der Waals surface area contributed by atoms with Crippen LogP contribution in [-0.4, -0.2) is 32.7 Å². The highest BCUT2D eigenvalue weighted by Crippen LogP contribution is 2.41. The molecule has 0 spiro atoms. The molecule has 7 heteroatoms. The normalized spacial score (nSPS) is 12.1. The average molecular weight is 489 g/mol. The summed E-state index contributed by atoms with van der Waals surface area (Å²) < 4.78 is 0. The van der Waals surface area contributed by atoms with Crippen molar-refractivity contribution in [3.63, 3.8) is 0 Å². The Morgan fingerprint density at radius 2 is 1.43 bits per heavy atom. The van der Waals surface area contributed by atoms with Crippen LogP contribution in [0.1, 0.15) is 30.0 Å². The fourth-order valence-corrected chi connectivity index (χ4v) is 4.86. The lowest BCUT2D eigenvalue weighted by Gasteiger charge is -2.37. The summed E-state index contributed by atoms with van der Waals surface area (Å²) in [4.78, 5) is 24.4. The molecule has 5 rings (SSSR count). The molecule has 5 aromatic rings. The molecule has 0 unspecified atom stereocenters. The molecule has 184 valence electrons. The van der Waals surface area contributed by atoms with Gasteiger partial charge in [-0.2, -0.15) is 0 Å². The molecule has 0 saturated carbocycles. The predicted molar refractivity (Wildman–Crippen MR) is 147 cm³/mol. The minimum absolute atomic E-state index is 0.313. The minimum atomic E-state index is -0.805. The maximum Gasteiger partial charge on any atom is 0.320 e. The Balaban J connectivity index is 1.43. The van der Waals surface area contributed by atoms with Gasteiger partial charge in [0.15, 0.2) is 11.5 Å². The number of urea groups is 1. The molecular weight excluding hydrogens is 460 g/mol. The Morgan fingerprint density at radius 1 is 0.892 bits per heavy atom. The molecule has 2 heterocycles. The van der Waals surface area contributed by atoms with Crippen LogP contribution in [0.3, 0.4) is 0 Å². The quantitative estimate of drug-likeness (QED) is 0.161. The van der Waals surface area contributed by atoms with Crippen molar-refractivity contribution < 1.29 is 4.79 Å². The third-order valence-electron chi connectivity index (χ3n) is 6.46. The molecule has 0 aliphatic rings. The van der Waals surface area contributed by atoms with E-state index in [4.69, 9.17) is 0 Å². The van der Waals surface area contributed by atoms with Gasteiger partial charge in [0.25, 0.3) is 0 Å². The van der Waals surface area contributed by atoms with Crippen molar-refractivity contribution in [2.75, 3.05) is 5.32 Å². The van der Waals surface area contributed by atoms with E-state index in [0.717, 1.165) is 16.7 Å². The zero-order valence-corrected chi connectivity index (χ0v) is 20.5. The number of hydrogen-bond acceptors (Lipinski definition) is 4. The van der Waals surface area contributed by atoms with Gasteiger partial charge in [-0.05, 0) is 29.7 Å². The third-order valence-corrected chi connectivity index (χ3v) is 6.46. The monoisotopic (exact) mass is 488 g/mol. The van der Waals surface area contributed by atoms with Crippen molar-refractivity contribution in [2.45, 2.75) is 24.8 Å². The number of amides is 2. The fourth-order valence-electron chi connectivity index (χ4n) is 4.86. The second-order valence-corrected chi connectivity index (χ2v) is 9.00. The highest BCUT2D eigenvalue weighted by molar-refractivity contribution is 6.00. The standard InChI is InChI=1S/C30H28N6O/c1-21(34-29(37)36-27-20-33-28-25(35-27)17-18-32-28)19-26(31)30(22-11-5-2-6-12-22,23-13-7-3-8-14-23)24-15-9-4-10-16-24/h2-18,20-21,31H,19H2,1H3,(H,32,33)(H2,34,35,36,37)/t21-/m1/s1. The van der Waals surface area contributed by atoms with Crippen molar-refractivity contribution in [1.29, 1.82) is 5.41 Å². The van der Waals surface area contributed by atoms with Gasteiger partial charge in [0.2, 0.25) is 0 Å². The van der Waals surface area contributed by atoms with E-state index in [0.29, 0.717) is 29.1 Å². The van der Waals surface area contributed by atoms with Gasteiger partial charge in [-0.3, -0.25) is 5.32 Å². The zero-order valence-electron chi connectivity index (χ0n) is 20.5. The van der Waals surface area contributed by atoms with Gasteiger partial charge in [-0.25, -0.2) is 14.8 Å². The Morgan fingerprint density at radius 3 is 1.97 bits per heavy atom. The maximum absolute atomic E-state index is 12.8. The van der Waals surface area contributed by atoms with Crippen LogP contribution in [0.15, 0.2) is 109 Å². The molecule has 7 nitrogen and oxygen atoms in total. The van der Waals surface area contributed by atoms with E-state index in [1.165, 1.54) is 6.20 Å². The zero-order chi connectivity index (χ0) is 25.7. The molecule has 0 saturated heterocycles. The van der Waals surface area contributed by atoms with E-state index < -0.39 is 11.4 Å². The first kappa shape index (κ1) is 23.9. The smallest absolute Gasteiger partial charge is 0.320 e. The SMILES string of the molecule is C[C@H](CC(=N)C(c1ccccc1)(c1ccccc1)c1ccccc1)NC(=O)Nc1cnc2[nH]ccc2n1. The van der Waals surface area contributed by atoms with Crippen LogP contribution < -0.4 is 10.6 Å². The molecule has 4 N–H and O–H groups in total. The van der Waals surface area contributed by atoms with Crippen LogP contribution in [0.25, 0.3) is 11.2 Å². The number of benzene rings is 3. The molecule has 37 heavy (non-hydrogen) atoms. The lowest BCUT2D eigenvalue weighted by molar-refractivity contribution is 0.249. The summed E-state index contributed by atoms with van der Waals surface area (Å²) in [5.74, 6) is 0.360. The summed E-state index contributed by atoms with van der Waals surface area (Å²) in [6.45, 7) is 1.90. The molecule has 2 amide bonds. The number of rotatable bonds is 8. The number of nitrogens with one attached hydrogen (secondary N) is 4. The van der Waals surface area contributed by atoms with Crippen molar-refractivity contribution >= 4 is 28.7 Å². The topological polar surface area (TPSA) is 107 Å². The number of H-pyrrole nitrogens is 1. The number of aromatic nitrogens is 3. The summed E-state index contributed by atoms with van der Waals surface area (Å²) in [6.07, 6.45) is 3.60. The van der Waals surface area contributed by atoms with Crippen molar-refractivity contribution in [1.82, 2.24) is 20.3 Å². The lowest BCUT2D eigenvalue weighted by Crippen LogP contribution is -2.43. The Labute approximate surface area is 215 Å². The summed E-state index contributed by atoms with van der Waals surface area (Å²) in [5.41, 5.74) is 4.02. The maximum atomic E-state index is 12.8. The minimum Gasteiger partial charge on any atom is -0.345 e. The molecule has 0 fully saturated rings. The van der Waals surface area contributed by atoms with Gasteiger partial charge in [-0.1, -0.05) is 91.0 Å². The second kappa shape index (κ2) is 10.5. The highest BCUT2D eigenvalue weighted by Gasteiger charge is 2.40. The van der Waals surface area contributed by atoms with E-state index in [2.05, 4.69) is 62.0 Å². The molecule has 3 aromatic carbocycles. The second-order valence-electron chi connectivity index (χ2n) is 9.00. The molecule has 1 atom stereocenters. The molecule has 0 aliphatic heterocycles. The largest absolute Gasteiger partial charge is 0.345 e. The molecular formula is C30H28N6O. The highest BCUT2D eigenvalue weighted by atomic mass is 16.2. The van der Waals surface area contributed by atoms with E-state index in [-0.39, 0.29) is 6.04 Å². The van der Waals surface area contributed by atoms with Crippen molar-refractivity contribution in [2.24, 2.45) is 0 Å². The predicted octanol–water partition coefficient (Wildman–Crippen LogP) is 5.91. The average Bonchev–Trinajstić information content (AvgIpc) is 3.39. The number of fused-ring (bicyclic) bond motifs is 1. The molecule has 0 aliphatic carbocycles. The van der Waals surface area contributed by atoms with Gasteiger partial charge >= 0.3 is 6.03 Å². The van der Waals surface area contributed by atoms with Gasteiger partial charge in [-0.15, -0.1) is 0 Å². The lowest BCUT2D eigenvalue weighted by atomic mass is 9.65. The number of hydrogen-bond donors (Lipinski definition) is 4. The summed E-state index contributed by atoms with van der Waals surface area (Å²) in [6, 6.07) is 31.4. The summed E-state index contributed by atoms with van der Waals surface area (Å²) >= 11 is 0. The number of nitrogens with zero attached hydrogens (tertiary/aromatic N) is 2. The van der Waals surface area contributed by atoms with Crippen LogP contribution >= 0.6 is 0 Å². The van der Waals surface area contributed by atoms with Crippen molar-refractivity contribution in [3.05, 3.63) is 126 Å². The number of aromatic amines is 1. The first-order valence-corrected chi connectivity index (χ1v) is 12.2. The van der Waals surface area contributed by atoms with Crippen LogP contribution in [0.4, 0.5) is 10.6 Å².